The number of cyclic esters (lactones) is 1. The van der Waals surface area contributed by atoms with Crippen molar-refractivity contribution in [3.05, 3.63) is 35.9 Å². The van der Waals surface area contributed by atoms with Crippen LogP contribution < -0.4 is 5.32 Å². The van der Waals surface area contributed by atoms with Gasteiger partial charge in [-0.05, 0) is 11.0 Å². The molecule has 1 saturated heterocycles. The van der Waals surface area contributed by atoms with Crippen molar-refractivity contribution in [2.24, 2.45) is 5.41 Å². The third-order valence-electron chi connectivity index (χ3n) is 3.45. The maximum absolute atomic E-state index is 11.9. The summed E-state index contributed by atoms with van der Waals surface area (Å²) in [5.41, 5.74) is 0.963. The van der Waals surface area contributed by atoms with E-state index in [2.05, 4.69) is 5.32 Å². The highest BCUT2D eigenvalue weighted by Gasteiger charge is 2.31. The molecule has 5 nitrogen and oxygen atoms in total. The van der Waals surface area contributed by atoms with Gasteiger partial charge in [-0.1, -0.05) is 51.1 Å². The molecule has 0 spiro atoms. The van der Waals surface area contributed by atoms with Crippen LogP contribution in [0.4, 0.5) is 4.79 Å². The lowest BCUT2D eigenvalue weighted by Crippen LogP contribution is -2.36. The molecule has 1 aromatic rings. The lowest BCUT2D eigenvalue weighted by Gasteiger charge is -2.18. The van der Waals surface area contributed by atoms with Crippen LogP contribution in [0.1, 0.15) is 38.9 Å². The van der Waals surface area contributed by atoms with Crippen LogP contribution in [-0.4, -0.2) is 36.5 Å². The molecule has 0 aromatic heterocycles. The standard InChI is InChI=1S/C17H24N2O3/c1-17(2,3)11-15(20)18-9-10-19-12-14(22-16(19)21)13-7-5-4-6-8-13/h4-8,14H,9-12H2,1-3H3,(H,18,20). The monoisotopic (exact) mass is 304 g/mol. The summed E-state index contributed by atoms with van der Waals surface area (Å²) >= 11 is 0. The van der Waals surface area contributed by atoms with Gasteiger partial charge in [0.15, 0.2) is 0 Å². The van der Waals surface area contributed by atoms with E-state index in [-0.39, 0.29) is 23.5 Å². The summed E-state index contributed by atoms with van der Waals surface area (Å²) in [5, 5.41) is 2.85. The molecule has 120 valence electrons. The van der Waals surface area contributed by atoms with E-state index in [1.807, 2.05) is 51.1 Å². The molecule has 1 aromatic carbocycles. The number of amides is 2. The molecule has 2 amide bonds. The van der Waals surface area contributed by atoms with Gasteiger partial charge in [-0.2, -0.15) is 0 Å². The van der Waals surface area contributed by atoms with Gasteiger partial charge in [-0.3, -0.25) is 4.79 Å². The average Bonchev–Trinajstić information content (AvgIpc) is 2.79. The molecule has 0 bridgehead atoms. The molecule has 1 unspecified atom stereocenters. The molecule has 1 aliphatic rings. The second-order valence-corrected chi connectivity index (χ2v) is 6.82. The molecular formula is C17H24N2O3. The van der Waals surface area contributed by atoms with Crippen LogP contribution in [0.25, 0.3) is 0 Å². The predicted molar refractivity (Wildman–Crippen MR) is 84.3 cm³/mol. The van der Waals surface area contributed by atoms with E-state index in [4.69, 9.17) is 4.74 Å². The second kappa shape index (κ2) is 6.81. The third-order valence-corrected chi connectivity index (χ3v) is 3.45. The summed E-state index contributed by atoms with van der Waals surface area (Å²) in [7, 11) is 0. The second-order valence-electron chi connectivity index (χ2n) is 6.82. The molecule has 22 heavy (non-hydrogen) atoms. The van der Waals surface area contributed by atoms with Crippen LogP contribution in [0.15, 0.2) is 30.3 Å². The molecule has 1 N–H and O–H groups in total. The summed E-state index contributed by atoms with van der Waals surface area (Å²) in [6, 6.07) is 9.69. The van der Waals surface area contributed by atoms with E-state index in [1.54, 1.807) is 4.90 Å². The van der Waals surface area contributed by atoms with Crippen LogP contribution in [0, 0.1) is 5.41 Å². The number of carbonyl (C=O) groups excluding carboxylic acids is 2. The topological polar surface area (TPSA) is 58.6 Å². The van der Waals surface area contributed by atoms with Gasteiger partial charge in [0, 0.05) is 19.5 Å². The smallest absolute Gasteiger partial charge is 0.410 e. The van der Waals surface area contributed by atoms with Gasteiger partial charge in [-0.15, -0.1) is 0 Å². The SMILES string of the molecule is CC(C)(C)CC(=O)NCCN1CC(c2ccccc2)OC1=O. The number of hydrogen-bond acceptors (Lipinski definition) is 3. The Bertz CT molecular complexity index is 522. The van der Waals surface area contributed by atoms with Crippen molar-refractivity contribution < 1.29 is 14.3 Å². The molecule has 1 fully saturated rings. The summed E-state index contributed by atoms with van der Waals surface area (Å²) in [6.45, 7) is 7.51. The van der Waals surface area contributed by atoms with Crippen molar-refractivity contribution in [2.75, 3.05) is 19.6 Å². The van der Waals surface area contributed by atoms with Crippen molar-refractivity contribution in [1.82, 2.24) is 10.2 Å². The lowest BCUT2D eigenvalue weighted by molar-refractivity contribution is -0.122. The molecule has 5 heteroatoms. The molecule has 1 aliphatic heterocycles. The Kier molecular flexibility index (Phi) is 5.06. The molecule has 0 aliphatic carbocycles. The van der Waals surface area contributed by atoms with Gasteiger partial charge < -0.3 is 15.0 Å². The first-order chi connectivity index (χ1) is 10.3. The number of nitrogens with one attached hydrogen (secondary N) is 1. The fourth-order valence-electron chi connectivity index (χ4n) is 2.41. The van der Waals surface area contributed by atoms with Gasteiger partial charge >= 0.3 is 6.09 Å². The van der Waals surface area contributed by atoms with Gasteiger partial charge in [-0.25, -0.2) is 4.79 Å². The Morgan fingerprint density at radius 2 is 2.00 bits per heavy atom. The van der Waals surface area contributed by atoms with Crippen molar-refractivity contribution in [3.8, 4) is 0 Å². The van der Waals surface area contributed by atoms with Crippen molar-refractivity contribution in [2.45, 2.75) is 33.3 Å². The Balaban J connectivity index is 1.77. The first kappa shape index (κ1) is 16.3. The van der Waals surface area contributed by atoms with Crippen LogP contribution in [0.2, 0.25) is 0 Å². The van der Waals surface area contributed by atoms with Crippen molar-refractivity contribution >= 4 is 12.0 Å². The first-order valence-electron chi connectivity index (χ1n) is 7.62. The van der Waals surface area contributed by atoms with Crippen LogP contribution in [0.5, 0.6) is 0 Å². The minimum Gasteiger partial charge on any atom is -0.439 e. The maximum atomic E-state index is 11.9. The highest BCUT2D eigenvalue weighted by atomic mass is 16.6. The average molecular weight is 304 g/mol. The molecule has 1 atom stereocenters. The van der Waals surface area contributed by atoms with E-state index in [0.29, 0.717) is 26.1 Å². The zero-order chi connectivity index (χ0) is 16.2. The number of nitrogens with zero attached hydrogens (tertiary/aromatic N) is 1. The predicted octanol–water partition coefficient (Wildman–Crippen LogP) is 2.73. The summed E-state index contributed by atoms with van der Waals surface area (Å²) in [4.78, 5) is 25.2. The normalized spacial score (nSPS) is 18.2. The zero-order valence-corrected chi connectivity index (χ0v) is 13.5. The number of hydrogen-bond donors (Lipinski definition) is 1. The van der Waals surface area contributed by atoms with Crippen molar-refractivity contribution in [1.29, 1.82) is 0 Å². The fraction of sp³-hybridized carbons (Fsp3) is 0.529. The van der Waals surface area contributed by atoms with Crippen LogP contribution >= 0.6 is 0 Å². The Labute approximate surface area is 131 Å². The lowest BCUT2D eigenvalue weighted by atomic mass is 9.92. The highest BCUT2D eigenvalue weighted by molar-refractivity contribution is 5.76. The van der Waals surface area contributed by atoms with Crippen molar-refractivity contribution in [3.63, 3.8) is 0 Å². The number of carbonyl (C=O) groups is 2. The molecule has 1 heterocycles. The first-order valence-corrected chi connectivity index (χ1v) is 7.62. The minimum absolute atomic E-state index is 0.0136. The Morgan fingerprint density at radius 1 is 1.32 bits per heavy atom. The van der Waals surface area contributed by atoms with Gasteiger partial charge in [0.05, 0.1) is 6.54 Å². The van der Waals surface area contributed by atoms with Gasteiger partial charge in [0.25, 0.3) is 0 Å². The largest absolute Gasteiger partial charge is 0.439 e. The number of benzene rings is 1. The van der Waals surface area contributed by atoms with E-state index in [1.165, 1.54) is 0 Å². The van der Waals surface area contributed by atoms with Gasteiger partial charge in [0.2, 0.25) is 5.91 Å². The van der Waals surface area contributed by atoms with Crippen LogP contribution in [0.3, 0.4) is 0 Å². The molecular weight excluding hydrogens is 280 g/mol. The van der Waals surface area contributed by atoms with E-state index in [0.717, 1.165) is 5.56 Å². The van der Waals surface area contributed by atoms with Gasteiger partial charge in [0.1, 0.15) is 6.10 Å². The molecule has 2 rings (SSSR count). The third kappa shape index (κ3) is 4.76. The summed E-state index contributed by atoms with van der Waals surface area (Å²) < 4.78 is 5.37. The Hall–Kier alpha value is -2.04. The molecule has 0 saturated carbocycles. The Morgan fingerprint density at radius 3 is 2.64 bits per heavy atom. The summed E-state index contributed by atoms with van der Waals surface area (Å²) in [5.74, 6) is 0.0136. The maximum Gasteiger partial charge on any atom is 0.410 e. The number of rotatable bonds is 5. The van der Waals surface area contributed by atoms with Crippen LogP contribution in [-0.2, 0) is 9.53 Å². The molecule has 0 radical (unpaired) electrons. The quantitative estimate of drug-likeness (QED) is 0.910. The fourth-order valence-corrected chi connectivity index (χ4v) is 2.41. The zero-order valence-electron chi connectivity index (χ0n) is 13.5. The minimum atomic E-state index is -0.320. The van der Waals surface area contributed by atoms with E-state index < -0.39 is 0 Å². The highest BCUT2D eigenvalue weighted by Crippen LogP contribution is 2.25. The number of ether oxygens (including phenoxy) is 1. The van der Waals surface area contributed by atoms with E-state index in [9.17, 15) is 9.59 Å². The van der Waals surface area contributed by atoms with E-state index >= 15 is 0 Å². The summed E-state index contributed by atoms with van der Waals surface area (Å²) in [6.07, 6.45) is -0.0673.